The van der Waals surface area contributed by atoms with E-state index in [4.69, 9.17) is 4.74 Å². The molecule has 21 heavy (non-hydrogen) atoms. The lowest BCUT2D eigenvalue weighted by atomic mass is 10.1. The Morgan fingerprint density at radius 2 is 2.00 bits per heavy atom. The van der Waals surface area contributed by atoms with Gasteiger partial charge in [0, 0.05) is 5.69 Å². The number of ether oxygens (including phenoxy) is 1. The predicted molar refractivity (Wildman–Crippen MR) is 82.4 cm³/mol. The Balaban J connectivity index is 1.85. The third kappa shape index (κ3) is 2.74. The Hall–Kier alpha value is -2.75. The molecule has 1 aliphatic rings. The number of para-hydroxylation sites is 1. The molecule has 0 aromatic heterocycles. The van der Waals surface area contributed by atoms with Crippen LogP contribution in [-0.2, 0) is 0 Å². The molecule has 2 aromatic carbocycles. The van der Waals surface area contributed by atoms with Gasteiger partial charge in [-0.05, 0) is 29.8 Å². The number of benzene rings is 2. The zero-order valence-corrected chi connectivity index (χ0v) is 11.5. The second-order valence-corrected chi connectivity index (χ2v) is 4.77. The Morgan fingerprint density at radius 1 is 1.14 bits per heavy atom. The summed E-state index contributed by atoms with van der Waals surface area (Å²) < 4.78 is 5.52. The van der Waals surface area contributed by atoms with Crippen LogP contribution in [-0.4, -0.2) is 12.5 Å². The van der Waals surface area contributed by atoms with Crippen LogP contribution in [0.5, 0.6) is 5.75 Å². The maximum Gasteiger partial charge on any atom is 0.255 e. The van der Waals surface area contributed by atoms with Gasteiger partial charge in [-0.2, -0.15) is 0 Å². The fourth-order valence-corrected chi connectivity index (χ4v) is 2.31. The van der Waals surface area contributed by atoms with Gasteiger partial charge < -0.3 is 15.4 Å². The number of hydrogen-bond donors (Lipinski definition) is 2. The van der Waals surface area contributed by atoms with Gasteiger partial charge in [0.25, 0.3) is 5.91 Å². The van der Waals surface area contributed by atoms with E-state index in [1.54, 1.807) is 12.1 Å². The average Bonchev–Trinajstić information content (AvgIpc) is 2.53. The molecule has 3 rings (SSSR count). The minimum absolute atomic E-state index is 0.0771. The summed E-state index contributed by atoms with van der Waals surface area (Å²) in [7, 11) is 0. The van der Waals surface area contributed by atoms with Gasteiger partial charge in [0.2, 0.25) is 0 Å². The fraction of sp³-hybridized carbons (Fsp3) is 0.118. The number of anilines is 1. The maximum absolute atomic E-state index is 12.1. The first-order valence-electron chi connectivity index (χ1n) is 6.78. The van der Waals surface area contributed by atoms with Gasteiger partial charge in [-0.1, -0.05) is 36.9 Å². The molecule has 1 aliphatic heterocycles. The van der Waals surface area contributed by atoms with Crippen molar-refractivity contribution in [1.29, 1.82) is 0 Å². The minimum atomic E-state index is -0.264. The van der Waals surface area contributed by atoms with Crippen LogP contribution in [0.4, 0.5) is 5.69 Å². The molecular weight excluding hydrogens is 264 g/mol. The molecule has 0 saturated heterocycles. The molecule has 0 spiro atoms. The highest BCUT2D eigenvalue weighted by molar-refractivity contribution is 6.01. The highest BCUT2D eigenvalue weighted by Gasteiger charge is 2.24. The van der Waals surface area contributed by atoms with E-state index in [1.807, 2.05) is 42.5 Å². The van der Waals surface area contributed by atoms with Crippen molar-refractivity contribution in [2.75, 3.05) is 11.9 Å². The molecule has 2 N–H and O–H groups in total. The number of fused-ring (bicyclic) bond motifs is 1. The quantitative estimate of drug-likeness (QED) is 0.846. The van der Waals surface area contributed by atoms with E-state index >= 15 is 0 Å². The molecule has 1 heterocycles. The van der Waals surface area contributed by atoms with Crippen LogP contribution in [0.15, 0.2) is 61.2 Å². The number of carbonyl (C=O) groups is 1. The molecule has 4 heteroatoms. The largest absolute Gasteiger partial charge is 0.490 e. The lowest BCUT2D eigenvalue weighted by Crippen LogP contribution is -2.38. The van der Waals surface area contributed by atoms with E-state index in [2.05, 4.69) is 17.2 Å². The van der Waals surface area contributed by atoms with Crippen LogP contribution in [0.1, 0.15) is 22.1 Å². The molecule has 0 unspecified atom stereocenters. The van der Waals surface area contributed by atoms with Gasteiger partial charge in [0.1, 0.15) is 18.5 Å². The second-order valence-electron chi connectivity index (χ2n) is 4.77. The van der Waals surface area contributed by atoms with E-state index in [0.717, 1.165) is 17.0 Å². The number of nitrogens with one attached hydrogen (secondary N) is 2. The van der Waals surface area contributed by atoms with Crippen molar-refractivity contribution in [3.63, 3.8) is 0 Å². The normalized spacial score (nSPS) is 16.4. The SMILES string of the molecule is C=CCOc1cccc([C@H]2NC(=O)c3ccccc3N2)c1. The Kier molecular flexibility index (Phi) is 3.60. The Bertz CT molecular complexity index is 682. The topological polar surface area (TPSA) is 50.4 Å². The lowest BCUT2D eigenvalue weighted by molar-refractivity contribution is 0.0935. The summed E-state index contributed by atoms with van der Waals surface area (Å²) in [5, 5.41) is 6.27. The maximum atomic E-state index is 12.1. The van der Waals surface area contributed by atoms with Crippen molar-refractivity contribution in [3.8, 4) is 5.75 Å². The summed E-state index contributed by atoms with van der Waals surface area (Å²) in [5.74, 6) is 0.675. The van der Waals surface area contributed by atoms with Crippen LogP contribution in [0, 0.1) is 0 Å². The summed E-state index contributed by atoms with van der Waals surface area (Å²) in [6, 6.07) is 15.1. The number of amides is 1. The van der Waals surface area contributed by atoms with E-state index in [1.165, 1.54) is 0 Å². The van der Waals surface area contributed by atoms with Crippen molar-refractivity contribution < 1.29 is 9.53 Å². The number of hydrogen-bond acceptors (Lipinski definition) is 3. The van der Waals surface area contributed by atoms with E-state index < -0.39 is 0 Å². The second kappa shape index (κ2) is 5.71. The molecule has 0 radical (unpaired) electrons. The molecular formula is C17H16N2O2. The minimum Gasteiger partial charge on any atom is -0.490 e. The third-order valence-electron chi connectivity index (χ3n) is 3.31. The molecule has 0 aliphatic carbocycles. The fourth-order valence-electron chi connectivity index (χ4n) is 2.31. The summed E-state index contributed by atoms with van der Waals surface area (Å²) in [5.41, 5.74) is 2.44. The van der Waals surface area contributed by atoms with Crippen molar-refractivity contribution in [2.24, 2.45) is 0 Å². The van der Waals surface area contributed by atoms with Crippen LogP contribution in [0.3, 0.4) is 0 Å². The standard InChI is InChI=1S/C17H16N2O2/c1-2-10-21-13-7-5-6-12(11-13)16-18-15-9-4-3-8-14(15)17(20)19-16/h2-9,11,16,18H,1,10H2,(H,19,20)/t16-/m1/s1. The van der Waals surface area contributed by atoms with Crippen molar-refractivity contribution in [3.05, 3.63) is 72.3 Å². The van der Waals surface area contributed by atoms with Crippen LogP contribution < -0.4 is 15.4 Å². The summed E-state index contributed by atoms with van der Waals surface area (Å²) >= 11 is 0. The number of rotatable bonds is 4. The van der Waals surface area contributed by atoms with Gasteiger partial charge in [0.15, 0.2) is 0 Å². The molecule has 106 valence electrons. The summed E-state index contributed by atoms with van der Waals surface area (Å²) in [6.45, 7) is 4.08. The molecule has 1 amide bonds. The van der Waals surface area contributed by atoms with E-state index in [9.17, 15) is 4.79 Å². The van der Waals surface area contributed by atoms with Crippen LogP contribution in [0.2, 0.25) is 0 Å². The predicted octanol–water partition coefficient (Wildman–Crippen LogP) is 3.11. The van der Waals surface area contributed by atoms with Crippen LogP contribution in [0.25, 0.3) is 0 Å². The van der Waals surface area contributed by atoms with Gasteiger partial charge in [-0.25, -0.2) is 0 Å². The summed E-state index contributed by atoms with van der Waals surface area (Å²) in [6.07, 6.45) is 1.43. The molecule has 4 nitrogen and oxygen atoms in total. The zero-order chi connectivity index (χ0) is 14.7. The Labute approximate surface area is 123 Å². The first-order valence-corrected chi connectivity index (χ1v) is 6.78. The van der Waals surface area contributed by atoms with Gasteiger partial charge >= 0.3 is 0 Å². The lowest BCUT2D eigenvalue weighted by Gasteiger charge is -2.28. The number of carbonyl (C=O) groups excluding carboxylic acids is 1. The van der Waals surface area contributed by atoms with Crippen molar-refractivity contribution >= 4 is 11.6 Å². The third-order valence-corrected chi connectivity index (χ3v) is 3.31. The molecule has 0 bridgehead atoms. The first-order chi connectivity index (χ1) is 10.3. The van der Waals surface area contributed by atoms with Crippen molar-refractivity contribution in [2.45, 2.75) is 6.17 Å². The van der Waals surface area contributed by atoms with Gasteiger partial charge in [-0.3, -0.25) is 4.79 Å². The van der Waals surface area contributed by atoms with E-state index in [-0.39, 0.29) is 12.1 Å². The van der Waals surface area contributed by atoms with Crippen molar-refractivity contribution in [1.82, 2.24) is 5.32 Å². The summed E-state index contributed by atoms with van der Waals surface area (Å²) in [4.78, 5) is 12.1. The monoisotopic (exact) mass is 280 g/mol. The van der Waals surface area contributed by atoms with Gasteiger partial charge in [0.05, 0.1) is 5.56 Å². The Morgan fingerprint density at radius 3 is 2.86 bits per heavy atom. The van der Waals surface area contributed by atoms with Crippen LogP contribution >= 0.6 is 0 Å². The van der Waals surface area contributed by atoms with Gasteiger partial charge in [-0.15, -0.1) is 0 Å². The van der Waals surface area contributed by atoms with E-state index in [0.29, 0.717) is 12.2 Å². The average molecular weight is 280 g/mol. The molecule has 0 fully saturated rings. The molecule has 2 aromatic rings. The highest BCUT2D eigenvalue weighted by Crippen LogP contribution is 2.27. The first kappa shape index (κ1) is 13.2. The molecule has 0 saturated carbocycles. The highest BCUT2D eigenvalue weighted by atomic mass is 16.5. The smallest absolute Gasteiger partial charge is 0.255 e. The molecule has 1 atom stereocenters. The zero-order valence-electron chi connectivity index (χ0n) is 11.5.